The topological polar surface area (TPSA) is 37.8 Å². The monoisotopic (exact) mass is 307 g/mol. The molecule has 0 fully saturated rings. The zero-order valence-corrected chi connectivity index (χ0v) is 13.4. The van der Waals surface area contributed by atoms with Crippen molar-refractivity contribution in [3.8, 4) is 0 Å². The second-order valence-electron chi connectivity index (χ2n) is 4.48. The molecule has 3 nitrogen and oxygen atoms in total. The molecule has 20 heavy (non-hydrogen) atoms. The van der Waals surface area contributed by atoms with Crippen LogP contribution in [0, 0.1) is 0 Å². The van der Waals surface area contributed by atoms with Crippen LogP contribution in [0.15, 0.2) is 35.5 Å². The van der Waals surface area contributed by atoms with Crippen LogP contribution in [-0.2, 0) is 6.42 Å². The highest BCUT2D eigenvalue weighted by Gasteiger charge is 2.11. The molecule has 0 bridgehead atoms. The van der Waals surface area contributed by atoms with Gasteiger partial charge in [0, 0.05) is 10.9 Å². The van der Waals surface area contributed by atoms with Crippen LogP contribution in [0.4, 0.5) is 5.82 Å². The molecule has 0 aliphatic carbocycles. The Kier molecular flexibility index (Phi) is 5.26. The lowest BCUT2D eigenvalue weighted by atomic mass is 10.1. The molecule has 1 aromatic carbocycles. The lowest BCUT2D eigenvalue weighted by molar-refractivity contribution is 0.865. The van der Waals surface area contributed by atoms with Crippen molar-refractivity contribution in [1.82, 2.24) is 9.97 Å². The molecule has 2 rings (SSSR count). The number of benzene rings is 1. The van der Waals surface area contributed by atoms with E-state index in [1.807, 2.05) is 6.92 Å². The number of rotatable bonds is 5. The van der Waals surface area contributed by atoms with Crippen LogP contribution >= 0.6 is 23.4 Å². The van der Waals surface area contributed by atoms with Crippen LogP contribution in [0.5, 0.6) is 0 Å². The quantitative estimate of drug-likeness (QED) is 0.820. The van der Waals surface area contributed by atoms with E-state index < -0.39 is 0 Å². The van der Waals surface area contributed by atoms with E-state index in [2.05, 4.69) is 52.7 Å². The molecule has 1 unspecified atom stereocenters. The van der Waals surface area contributed by atoms with Crippen molar-refractivity contribution in [2.45, 2.75) is 31.2 Å². The maximum atomic E-state index is 6.30. The summed E-state index contributed by atoms with van der Waals surface area (Å²) in [6, 6.07) is 8.63. The minimum Gasteiger partial charge on any atom is -0.362 e. The van der Waals surface area contributed by atoms with E-state index in [9.17, 15) is 0 Å². The smallest absolute Gasteiger partial charge is 0.148 e. The van der Waals surface area contributed by atoms with Gasteiger partial charge < -0.3 is 5.32 Å². The number of nitrogens with zero attached hydrogens (tertiary/aromatic N) is 2. The highest BCUT2D eigenvalue weighted by Crippen LogP contribution is 2.27. The molecular weight excluding hydrogens is 290 g/mol. The van der Waals surface area contributed by atoms with Crippen molar-refractivity contribution in [1.29, 1.82) is 0 Å². The molecule has 2 aromatic rings. The molecule has 1 N–H and O–H groups in total. The standard InChI is InChI=1S/C15H18ClN3S/c1-4-13-14(16)15(18-9-17-13)19-10(2)11-5-7-12(20-3)8-6-11/h5-10H,4H2,1-3H3,(H,17,18,19). The minimum atomic E-state index is 0.142. The van der Waals surface area contributed by atoms with Crippen LogP contribution in [0.3, 0.4) is 0 Å². The van der Waals surface area contributed by atoms with E-state index in [0.29, 0.717) is 10.8 Å². The average Bonchev–Trinajstić information content (AvgIpc) is 2.49. The summed E-state index contributed by atoms with van der Waals surface area (Å²) < 4.78 is 0. The third-order valence-corrected chi connectivity index (χ3v) is 4.31. The van der Waals surface area contributed by atoms with Crippen molar-refractivity contribution < 1.29 is 0 Å². The van der Waals surface area contributed by atoms with Crippen molar-refractivity contribution in [3.63, 3.8) is 0 Å². The maximum absolute atomic E-state index is 6.30. The number of aromatic nitrogens is 2. The summed E-state index contributed by atoms with van der Waals surface area (Å²) in [4.78, 5) is 9.66. The van der Waals surface area contributed by atoms with Crippen LogP contribution in [0.2, 0.25) is 5.02 Å². The van der Waals surface area contributed by atoms with Gasteiger partial charge >= 0.3 is 0 Å². The highest BCUT2D eigenvalue weighted by molar-refractivity contribution is 7.98. The number of aryl methyl sites for hydroxylation is 1. The van der Waals surface area contributed by atoms with Gasteiger partial charge in [0.2, 0.25) is 0 Å². The summed E-state index contributed by atoms with van der Waals surface area (Å²) in [5.74, 6) is 0.694. The molecule has 0 radical (unpaired) electrons. The summed E-state index contributed by atoms with van der Waals surface area (Å²) in [5, 5.41) is 3.96. The van der Waals surface area contributed by atoms with Crippen molar-refractivity contribution in [2.75, 3.05) is 11.6 Å². The molecule has 106 valence electrons. The van der Waals surface area contributed by atoms with E-state index >= 15 is 0 Å². The summed E-state index contributed by atoms with van der Waals surface area (Å²) >= 11 is 8.04. The Morgan fingerprint density at radius 2 is 1.95 bits per heavy atom. The molecule has 1 atom stereocenters. The first kappa shape index (κ1) is 15.1. The first-order valence-electron chi connectivity index (χ1n) is 6.55. The summed E-state index contributed by atoms with van der Waals surface area (Å²) in [6.07, 6.45) is 4.42. The zero-order valence-electron chi connectivity index (χ0n) is 11.9. The maximum Gasteiger partial charge on any atom is 0.148 e. The van der Waals surface area contributed by atoms with Gasteiger partial charge in [-0.2, -0.15) is 0 Å². The summed E-state index contributed by atoms with van der Waals surface area (Å²) in [5.41, 5.74) is 2.07. The van der Waals surface area contributed by atoms with Gasteiger partial charge in [-0.3, -0.25) is 0 Å². The Morgan fingerprint density at radius 3 is 2.55 bits per heavy atom. The molecular formula is C15H18ClN3S. The Labute approximate surface area is 129 Å². The predicted molar refractivity (Wildman–Crippen MR) is 86.7 cm³/mol. The molecule has 0 saturated heterocycles. The SMILES string of the molecule is CCc1ncnc(NC(C)c2ccc(SC)cc2)c1Cl. The summed E-state index contributed by atoms with van der Waals surface area (Å²) in [6.45, 7) is 4.13. The Bertz CT molecular complexity index is 572. The average molecular weight is 308 g/mol. The fourth-order valence-corrected chi connectivity index (χ4v) is 2.63. The van der Waals surface area contributed by atoms with Gasteiger partial charge in [-0.15, -0.1) is 11.8 Å². The number of hydrogen-bond acceptors (Lipinski definition) is 4. The van der Waals surface area contributed by atoms with Gasteiger partial charge in [0.05, 0.1) is 5.69 Å². The van der Waals surface area contributed by atoms with E-state index in [1.54, 1.807) is 18.1 Å². The summed E-state index contributed by atoms with van der Waals surface area (Å²) in [7, 11) is 0. The molecule has 0 saturated carbocycles. The third kappa shape index (κ3) is 3.44. The Balaban J connectivity index is 2.16. The molecule has 1 heterocycles. The lowest BCUT2D eigenvalue weighted by Gasteiger charge is -2.16. The van der Waals surface area contributed by atoms with Crippen LogP contribution in [0.1, 0.15) is 31.1 Å². The van der Waals surface area contributed by atoms with Crippen LogP contribution < -0.4 is 5.32 Å². The first-order chi connectivity index (χ1) is 9.65. The van der Waals surface area contributed by atoms with Crippen molar-refractivity contribution in [3.05, 3.63) is 46.9 Å². The van der Waals surface area contributed by atoms with Gasteiger partial charge in [-0.05, 0) is 37.3 Å². The second-order valence-corrected chi connectivity index (χ2v) is 5.73. The van der Waals surface area contributed by atoms with Gasteiger partial charge in [-0.1, -0.05) is 30.7 Å². The normalized spacial score (nSPS) is 12.2. The van der Waals surface area contributed by atoms with Crippen LogP contribution in [0.25, 0.3) is 0 Å². The second kappa shape index (κ2) is 6.95. The number of nitrogens with one attached hydrogen (secondary N) is 1. The predicted octanol–water partition coefficient (Wildman–Crippen LogP) is 4.59. The Hall–Kier alpha value is -1.26. The number of halogens is 1. The van der Waals surface area contributed by atoms with Crippen molar-refractivity contribution in [2.24, 2.45) is 0 Å². The molecule has 0 amide bonds. The van der Waals surface area contributed by atoms with Crippen molar-refractivity contribution >= 4 is 29.2 Å². The van der Waals surface area contributed by atoms with Crippen LogP contribution in [-0.4, -0.2) is 16.2 Å². The molecule has 0 aliphatic rings. The van der Waals surface area contributed by atoms with E-state index in [1.165, 1.54) is 10.5 Å². The molecule has 0 aliphatic heterocycles. The van der Waals surface area contributed by atoms with E-state index in [4.69, 9.17) is 11.6 Å². The number of anilines is 1. The molecule has 1 aromatic heterocycles. The van der Waals surface area contributed by atoms with Gasteiger partial charge in [0.1, 0.15) is 17.2 Å². The largest absolute Gasteiger partial charge is 0.362 e. The van der Waals surface area contributed by atoms with Gasteiger partial charge in [0.15, 0.2) is 0 Å². The van der Waals surface area contributed by atoms with Gasteiger partial charge in [0.25, 0.3) is 0 Å². The number of hydrogen-bond donors (Lipinski definition) is 1. The van der Waals surface area contributed by atoms with E-state index in [0.717, 1.165) is 12.1 Å². The first-order valence-corrected chi connectivity index (χ1v) is 8.15. The van der Waals surface area contributed by atoms with Gasteiger partial charge in [-0.25, -0.2) is 9.97 Å². The minimum absolute atomic E-state index is 0.142. The molecule has 5 heteroatoms. The highest BCUT2D eigenvalue weighted by atomic mass is 35.5. The number of thioether (sulfide) groups is 1. The lowest BCUT2D eigenvalue weighted by Crippen LogP contribution is -2.09. The Morgan fingerprint density at radius 1 is 1.25 bits per heavy atom. The third-order valence-electron chi connectivity index (χ3n) is 3.17. The molecule has 0 spiro atoms. The fraction of sp³-hybridized carbons (Fsp3) is 0.333. The van der Waals surface area contributed by atoms with E-state index in [-0.39, 0.29) is 6.04 Å². The fourth-order valence-electron chi connectivity index (χ4n) is 1.93. The zero-order chi connectivity index (χ0) is 14.5.